The smallest absolute Gasteiger partial charge is 0.161 e. The van der Waals surface area contributed by atoms with Crippen LogP contribution in [-0.4, -0.2) is 16.9 Å². The number of nitrogens with two attached hydrogens (primary N) is 1. The highest BCUT2D eigenvalue weighted by Crippen LogP contribution is 2.26. The van der Waals surface area contributed by atoms with Gasteiger partial charge in [-0.1, -0.05) is 29.8 Å². The second-order valence-electron chi connectivity index (χ2n) is 4.63. The van der Waals surface area contributed by atoms with E-state index < -0.39 is 0 Å². The number of nitrogens with one attached hydrogen (secondary N) is 1. The zero-order chi connectivity index (χ0) is 13.8. The number of ether oxygens (including phenoxy) is 1. The van der Waals surface area contributed by atoms with E-state index in [1.54, 1.807) is 18.0 Å². The third kappa shape index (κ3) is 2.94. The number of aryl methyl sites for hydroxylation is 2. The first-order valence-electron chi connectivity index (χ1n) is 6.23. The fourth-order valence-electron chi connectivity index (χ4n) is 2.18. The van der Waals surface area contributed by atoms with Crippen molar-refractivity contribution in [3.63, 3.8) is 0 Å². The normalized spacial score (nSPS) is 12.4. The molecule has 0 radical (unpaired) electrons. The van der Waals surface area contributed by atoms with Crippen LogP contribution in [0.4, 0.5) is 0 Å². The zero-order valence-corrected chi connectivity index (χ0v) is 11.6. The third-order valence-electron chi connectivity index (χ3n) is 3.26. The molecule has 0 fully saturated rings. The van der Waals surface area contributed by atoms with Gasteiger partial charge in [-0.2, -0.15) is 5.10 Å². The molecule has 5 nitrogen and oxygen atoms in total. The van der Waals surface area contributed by atoms with Crippen LogP contribution in [0.3, 0.4) is 0 Å². The minimum Gasteiger partial charge on any atom is -0.493 e. The molecule has 1 aromatic heterocycles. The molecule has 0 saturated carbocycles. The second kappa shape index (κ2) is 5.86. The van der Waals surface area contributed by atoms with Gasteiger partial charge in [0.05, 0.1) is 25.0 Å². The van der Waals surface area contributed by atoms with Crippen LogP contribution in [0.1, 0.15) is 22.9 Å². The molecule has 1 unspecified atom stereocenters. The lowest BCUT2D eigenvalue weighted by Gasteiger charge is -2.18. The van der Waals surface area contributed by atoms with Crippen molar-refractivity contribution in [2.24, 2.45) is 12.9 Å². The van der Waals surface area contributed by atoms with Gasteiger partial charge in [0.1, 0.15) is 0 Å². The minimum atomic E-state index is -0.0369. The van der Waals surface area contributed by atoms with Gasteiger partial charge in [0.2, 0.25) is 0 Å². The Hall–Kier alpha value is -1.85. The van der Waals surface area contributed by atoms with E-state index in [-0.39, 0.29) is 6.04 Å². The summed E-state index contributed by atoms with van der Waals surface area (Å²) in [6, 6.07) is 8.39. The SMILES string of the molecule is COc1cnn(C)c1C(Cc1ccc(C)cc1)NN. The van der Waals surface area contributed by atoms with E-state index in [1.165, 1.54) is 11.1 Å². The Bertz CT molecular complexity index is 533. The van der Waals surface area contributed by atoms with Crippen LogP contribution < -0.4 is 16.0 Å². The van der Waals surface area contributed by atoms with Gasteiger partial charge in [0.25, 0.3) is 0 Å². The van der Waals surface area contributed by atoms with Crippen molar-refractivity contribution >= 4 is 0 Å². The number of methoxy groups -OCH3 is 1. The maximum Gasteiger partial charge on any atom is 0.161 e. The van der Waals surface area contributed by atoms with Crippen molar-refractivity contribution in [1.82, 2.24) is 15.2 Å². The molecule has 5 heteroatoms. The summed E-state index contributed by atoms with van der Waals surface area (Å²) < 4.78 is 7.12. The topological polar surface area (TPSA) is 65.1 Å². The van der Waals surface area contributed by atoms with Crippen molar-refractivity contribution in [1.29, 1.82) is 0 Å². The number of hydrogen-bond acceptors (Lipinski definition) is 4. The van der Waals surface area contributed by atoms with Crippen LogP contribution in [0.5, 0.6) is 5.75 Å². The molecule has 2 aromatic rings. The maximum atomic E-state index is 5.69. The van der Waals surface area contributed by atoms with Crippen LogP contribution in [-0.2, 0) is 13.5 Å². The Morgan fingerprint density at radius 3 is 2.63 bits per heavy atom. The first-order chi connectivity index (χ1) is 9.15. The molecule has 0 aliphatic carbocycles. The predicted octanol–water partition coefficient (Wildman–Crippen LogP) is 1.48. The number of rotatable bonds is 5. The molecule has 102 valence electrons. The first kappa shape index (κ1) is 13.6. The van der Waals surface area contributed by atoms with Crippen molar-refractivity contribution in [2.45, 2.75) is 19.4 Å². The fourth-order valence-corrected chi connectivity index (χ4v) is 2.18. The molecule has 1 heterocycles. The Morgan fingerprint density at radius 1 is 1.37 bits per heavy atom. The van der Waals surface area contributed by atoms with Gasteiger partial charge in [0, 0.05) is 7.05 Å². The number of hydrazine groups is 1. The molecule has 1 aromatic carbocycles. The summed E-state index contributed by atoms with van der Waals surface area (Å²) in [6.45, 7) is 2.08. The third-order valence-corrected chi connectivity index (χ3v) is 3.26. The van der Waals surface area contributed by atoms with E-state index in [0.29, 0.717) is 0 Å². The van der Waals surface area contributed by atoms with Crippen LogP contribution in [0.25, 0.3) is 0 Å². The van der Waals surface area contributed by atoms with Gasteiger partial charge in [-0.15, -0.1) is 0 Å². The summed E-state index contributed by atoms with van der Waals surface area (Å²) in [5, 5.41) is 4.21. The van der Waals surface area contributed by atoms with Crippen molar-refractivity contribution in [3.05, 3.63) is 47.3 Å². The van der Waals surface area contributed by atoms with Crippen LogP contribution in [0.15, 0.2) is 30.5 Å². The van der Waals surface area contributed by atoms with Crippen LogP contribution in [0, 0.1) is 6.92 Å². The highest BCUT2D eigenvalue weighted by Gasteiger charge is 2.19. The van der Waals surface area contributed by atoms with Crippen LogP contribution >= 0.6 is 0 Å². The summed E-state index contributed by atoms with van der Waals surface area (Å²) in [5.41, 5.74) is 6.26. The Labute approximate surface area is 113 Å². The van der Waals surface area contributed by atoms with Crippen molar-refractivity contribution < 1.29 is 4.74 Å². The lowest BCUT2D eigenvalue weighted by molar-refractivity contribution is 0.394. The minimum absolute atomic E-state index is 0.0369. The molecule has 0 spiro atoms. The monoisotopic (exact) mass is 260 g/mol. The second-order valence-corrected chi connectivity index (χ2v) is 4.63. The van der Waals surface area contributed by atoms with Gasteiger partial charge in [-0.3, -0.25) is 16.0 Å². The van der Waals surface area contributed by atoms with E-state index in [2.05, 4.69) is 41.7 Å². The molecule has 3 N–H and O–H groups in total. The average Bonchev–Trinajstić information content (AvgIpc) is 2.79. The average molecular weight is 260 g/mol. The van der Waals surface area contributed by atoms with E-state index >= 15 is 0 Å². The highest BCUT2D eigenvalue weighted by atomic mass is 16.5. The lowest BCUT2D eigenvalue weighted by atomic mass is 10.0. The quantitative estimate of drug-likeness (QED) is 0.631. The summed E-state index contributed by atoms with van der Waals surface area (Å²) in [7, 11) is 3.53. The Kier molecular flexibility index (Phi) is 4.19. The largest absolute Gasteiger partial charge is 0.493 e. The molecule has 19 heavy (non-hydrogen) atoms. The van der Waals surface area contributed by atoms with E-state index in [4.69, 9.17) is 10.6 Å². The Balaban J connectivity index is 2.24. The van der Waals surface area contributed by atoms with Gasteiger partial charge in [0.15, 0.2) is 5.75 Å². The standard InChI is InChI=1S/C14H20N4O/c1-10-4-6-11(7-5-10)8-12(17-15)14-13(19-3)9-16-18(14)2/h4-7,9,12,17H,8,15H2,1-3H3. The molecule has 2 rings (SSSR count). The number of benzene rings is 1. The number of nitrogens with zero attached hydrogens (tertiary/aromatic N) is 2. The van der Waals surface area contributed by atoms with Gasteiger partial charge < -0.3 is 4.74 Å². The maximum absolute atomic E-state index is 5.69. The van der Waals surface area contributed by atoms with E-state index in [0.717, 1.165) is 17.9 Å². The first-order valence-corrected chi connectivity index (χ1v) is 6.23. The number of aromatic nitrogens is 2. The summed E-state index contributed by atoms with van der Waals surface area (Å²) >= 11 is 0. The molecule has 0 aliphatic rings. The molecular formula is C14H20N4O. The molecule has 0 aliphatic heterocycles. The Morgan fingerprint density at radius 2 is 2.05 bits per heavy atom. The lowest BCUT2D eigenvalue weighted by Crippen LogP contribution is -2.31. The highest BCUT2D eigenvalue weighted by molar-refractivity contribution is 5.30. The predicted molar refractivity (Wildman–Crippen MR) is 74.7 cm³/mol. The molecule has 1 atom stereocenters. The van der Waals surface area contributed by atoms with Crippen molar-refractivity contribution in [2.75, 3.05) is 7.11 Å². The summed E-state index contributed by atoms with van der Waals surface area (Å²) in [4.78, 5) is 0. The molecular weight excluding hydrogens is 240 g/mol. The van der Waals surface area contributed by atoms with Crippen molar-refractivity contribution in [3.8, 4) is 5.75 Å². The van der Waals surface area contributed by atoms with E-state index in [9.17, 15) is 0 Å². The summed E-state index contributed by atoms with van der Waals surface area (Å²) in [5.74, 6) is 6.44. The van der Waals surface area contributed by atoms with Gasteiger partial charge >= 0.3 is 0 Å². The molecule has 0 saturated heterocycles. The summed E-state index contributed by atoms with van der Waals surface area (Å²) in [6.07, 6.45) is 2.49. The molecule has 0 amide bonds. The fraction of sp³-hybridized carbons (Fsp3) is 0.357. The van der Waals surface area contributed by atoms with E-state index in [1.807, 2.05) is 7.05 Å². The van der Waals surface area contributed by atoms with Gasteiger partial charge in [-0.25, -0.2) is 0 Å². The van der Waals surface area contributed by atoms with Gasteiger partial charge in [-0.05, 0) is 18.9 Å². The number of hydrogen-bond donors (Lipinski definition) is 2. The van der Waals surface area contributed by atoms with Crippen LogP contribution in [0.2, 0.25) is 0 Å². The zero-order valence-electron chi connectivity index (χ0n) is 11.6. The molecule has 0 bridgehead atoms.